The molecule has 0 amide bonds. The van der Waals surface area contributed by atoms with Crippen LogP contribution in [0.1, 0.15) is 27.7 Å². The number of halogens is 1. The largest absolute Gasteiger partial charge is 0.303 e. The molecule has 0 rings (SSSR count). The third-order valence-electron chi connectivity index (χ3n) is 2.24. The van der Waals surface area contributed by atoms with Crippen molar-refractivity contribution in [3.63, 3.8) is 0 Å². The Labute approximate surface area is 69.1 Å². The smallest absolute Gasteiger partial charge is 0.0713 e. The van der Waals surface area contributed by atoms with Crippen LogP contribution in [0.15, 0.2) is 0 Å². The van der Waals surface area contributed by atoms with Gasteiger partial charge in [-0.05, 0) is 11.3 Å². The molecule has 0 aromatic rings. The fraction of sp³-hybridized carbons (Fsp3) is 1.00. The van der Waals surface area contributed by atoms with Crippen LogP contribution in [0.4, 0.5) is 0 Å². The maximum absolute atomic E-state index is 5.50. The molecule has 0 heterocycles. The monoisotopic (exact) mass is 163 g/mol. The highest BCUT2D eigenvalue weighted by Gasteiger charge is 2.20. The minimum atomic E-state index is 0.356. The van der Waals surface area contributed by atoms with Crippen LogP contribution in [0.5, 0.6) is 0 Å². The summed E-state index contributed by atoms with van der Waals surface area (Å²) in [7, 11) is 0. The molecule has 0 bridgehead atoms. The SMILES string of the molecule is CC(C)C(C)(C)CNCCl. The molecule has 0 unspecified atom stereocenters. The van der Waals surface area contributed by atoms with Crippen molar-refractivity contribution in [3.8, 4) is 0 Å². The molecule has 0 aromatic heterocycles. The molecule has 10 heavy (non-hydrogen) atoms. The lowest BCUT2D eigenvalue weighted by Gasteiger charge is -2.28. The van der Waals surface area contributed by atoms with Crippen molar-refractivity contribution in [1.82, 2.24) is 5.32 Å². The topological polar surface area (TPSA) is 12.0 Å². The van der Waals surface area contributed by atoms with Crippen LogP contribution in [0.2, 0.25) is 0 Å². The Bertz CT molecular complexity index is 89.3. The van der Waals surface area contributed by atoms with E-state index in [9.17, 15) is 0 Å². The molecule has 0 spiro atoms. The Balaban J connectivity index is 3.63. The van der Waals surface area contributed by atoms with E-state index in [0.717, 1.165) is 6.54 Å². The van der Waals surface area contributed by atoms with Gasteiger partial charge < -0.3 is 5.32 Å². The molecule has 0 saturated carbocycles. The molecule has 1 nitrogen and oxygen atoms in total. The van der Waals surface area contributed by atoms with Crippen molar-refractivity contribution in [2.45, 2.75) is 27.7 Å². The first-order chi connectivity index (χ1) is 4.50. The van der Waals surface area contributed by atoms with Crippen LogP contribution < -0.4 is 5.32 Å². The zero-order valence-electron chi connectivity index (χ0n) is 7.37. The van der Waals surface area contributed by atoms with Gasteiger partial charge >= 0.3 is 0 Å². The van der Waals surface area contributed by atoms with E-state index in [-0.39, 0.29) is 0 Å². The van der Waals surface area contributed by atoms with Gasteiger partial charge in [-0.2, -0.15) is 0 Å². The highest BCUT2D eigenvalue weighted by Crippen LogP contribution is 2.24. The number of hydrogen-bond donors (Lipinski definition) is 1. The Hall–Kier alpha value is 0.250. The lowest BCUT2D eigenvalue weighted by molar-refractivity contribution is 0.243. The molecular weight excluding hydrogens is 146 g/mol. The Morgan fingerprint density at radius 2 is 1.90 bits per heavy atom. The van der Waals surface area contributed by atoms with Gasteiger partial charge in [-0.25, -0.2) is 0 Å². The maximum Gasteiger partial charge on any atom is 0.0713 e. The zero-order chi connectivity index (χ0) is 8.20. The standard InChI is InChI=1S/C8H18ClN/c1-7(2)8(3,4)5-10-6-9/h7,10H,5-6H2,1-4H3. The molecule has 0 atom stereocenters. The number of nitrogens with one attached hydrogen (secondary N) is 1. The maximum atomic E-state index is 5.50. The zero-order valence-corrected chi connectivity index (χ0v) is 8.13. The fourth-order valence-corrected chi connectivity index (χ4v) is 0.668. The second-order valence-electron chi connectivity index (χ2n) is 3.70. The van der Waals surface area contributed by atoms with E-state index in [4.69, 9.17) is 11.6 Å². The summed E-state index contributed by atoms with van der Waals surface area (Å²) in [6, 6.07) is 0.552. The van der Waals surface area contributed by atoms with Gasteiger partial charge in [-0.3, -0.25) is 0 Å². The first-order valence-corrected chi connectivity index (χ1v) is 4.31. The van der Waals surface area contributed by atoms with Gasteiger partial charge in [0.2, 0.25) is 0 Å². The molecule has 62 valence electrons. The van der Waals surface area contributed by atoms with E-state index in [1.165, 1.54) is 0 Å². The van der Waals surface area contributed by atoms with Gasteiger partial charge in [-0.15, -0.1) is 11.6 Å². The Kier molecular flexibility index (Phi) is 4.30. The third-order valence-corrected chi connectivity index (χ3v) is 2.43. The summed E-state index contributed by atoms with van der Waals surface area (Å²) in [5, 5.41) is 3.14. The van der Waals surface area contributed by atoms with E-state index in [2.05, 4.69) is 33.0 Å². The van der Waals surface area contributed by atoms with Crippen LogP contribution in [-0.4, -0.2) is 12.5 Å². The average molecular weight is 164 g/mol. The van der Waals surface area contributed by atoms with Crippen LogP contribution >= 0.6 is 11.6 Å². The Morgan fingerprint density at radius 1 is 1.40 bits per heavy atom. The van der Waals surface area contributed by atoms with Crippen LogP contribution in [-0.2, 0) is 0 Å². The number of rotatable bonds is 4. The summed E-state index contributed by atoms with van der Waals surface area (Å²) >= 11 is 5.50. The summed E-state index contributed by atoms with van der Waals surface area (Å²) in [5.74, 6) is 0.697. The quantitative estimate of drug-likeness (QED) is 0.496. The molecule has 0 aliphatic carbocycles. The first-order valence-electron chi connectivity index (χ1n) is 3.77. The Morgan fingerprint density at radius 3 is 2.20 bits per heavy atom. The minimum Gasteiger partial charge on any atom is -0.303 e. The van der Waals surface area contributed by atoms with Crippen molar-refractivity contribution in [2.24, 2.45) is 11.3 Å². The van der Waals surface area contributed by atoms with Crippen molar-refractivity contribution in [1.29, 1.82) is 0 Å². The number of alkyl halides is 1. The second-order valence-corrected chi connectivity index (χ2v) is 3.97. The molecular formula is C8H18ClN. The van der Waals surface area contributed by atoms with Crippen LogP contribution in [0.25, 0.3) is 0 Å². The molecule has 1 N–H and O–H groups in total. The minimum absolute atomic E-state index is 0.356. The predicted octanol–water partition coefficient (Wildman–Crippen LogP) is 2.45. The van der Waals surface area contributed by atoms with Crippen molar-refractivity contribution in [2.75, 3.05) is 12.5 Å². The van der Waals surface area contributed by atoms with Gasteiger partial charge in [0.15, 0.2) is 0 Å². The van der Waals surface area contributed by atoms with E-state index in [1.54, 1.807) is 0 Å². The highest BCUT2D eigenvalue weighted by molar-refractivity contribution is 6.17. The average Bonchev–Trinajstić information content (AvgIpc) is 1.84. The normalized spacial score (nSPS) is 12.6. The van der Waals surface area contributed by atoms with Crippen molar-refractivity contribution >= 4 is 11.6 Å². The van der Waals surface area contributed by atoms with E-state index >= 15 is 0 Å². The first kappa shape index (κ1) is 10.2. The number of hydrogen-bond acceptors (Lipinski definition) is 1. The lowest BCUT2D eigenvalue weighted by Crippen LogP contribution is -2.32. The van der Waals surface area contributed by atoms with E-state index < -0.39 is 0 Å². The van der Waals surface area contributed by atoms with Crippen LogP contribution in [0.3, 0.4) is 0 Å². The van der Waals surface area contributed by atoms with Gasteiger partial charge in [-0.1, -0.05) is 27.7 Å². The van der Waals surface area contributed by atoms with Gasteiger partial charge in [0, 0.05) is 6.54 Å². The molecule has 0 aliphatic heterocycles. The molecule has 0 radical (unpaired) electrons. The van der Waals surface area contributed by atoms with Crippen LogP contribution in [0, 0.1) is 11.3 Å². The summed E-state index contributed by atoms with van der Waals surface area (Å²) in [5.41, 5.74) is 0.356. The van der Waals surface area contributed by atoms with Gasteiger partial charge in [0.1, 0.15) is 0 Å². The van der Waals surface area contributed by atoms with Gasteiger partial charge in [0.05, 0.1) is 6.00 Å². The molecule has 0 saturated heterocycles. The van der Waals surface area contributed by atoms with Crippen molar-refractivity contribution < 1.29 is 0 Å². The third kappa shape index (κ3) is 3.43. The van der Waals surface area contributed by atoms with E-state index in [0.29, 0.717) is 17.3 Å². The summed E-state index contributed by atoms with van der Waals surface area (Å²) in [4.78, 5) is 0. The lowest BCUT2D eigenvalue weighted by atomic mass is 9.81. The molecule has 0 aliphatic rings. The summed E-state index contributed by atoms with van der Waals surface area (Å²) in [6.07, 6.45) is 0. The fourth-order valence-electron chi connectivity index (χ4n) is 0.574. The van der Waals surface area contributed by atoms with E-state index in [1.807, 2.05) is 0 Å². The predicted molar refractivity (Wildman–Crippen MR) is 47.3 cm³/mol. The van der Waals surface area contributed by atoms with Crippen molar-refractivity contribution in [3.05, 3.63) is 0 Å². The summed E-state index contributed by atoms with van der Waals surface area (Å²) in [6.45, 7) is 9.95. The highest BCUT2D eigenvalue weighted by atomic mass is 35.5. The van der Waals surface area contributed by atoms with Gasteiger partial charge in [0.25, 0.3) is 0 Å². The second kappa shape index (κ2) is 4.20. The summed E-state index contributed by atoms with van der Waals surface area (Å²) < 4.78 is 0. The molecule has 0 fully saturated rings. The molecule has 2 heteroatoms. The molecule has 0 aromatic carbocycles.